The van der Waals surface area contributed by atoms with Crippen molar-refractivity contribution in [3.8, 4) is 33.4 Å². The highest BCUT2D eigenvalue weighted by molar-refractivity contribution is 9.10. The van der Waals surface area contributed by atoms with Gasteiger partial charge in [-0.05, 0) is 62.2 Å². The highest BCUT2D eigenvalue weighted by Crippen LogP contribution is 2.51. The van der Waals surface area contributed by atoms with Crippen LogP contribution in [0.25, 0.3) is 33.4 Å². The second-order valence-electron chi connectivity index (χ2n) is 8.26. The van der Waals surface area contributed by atoms with E-state index < -0.39 is 0 Å². The normalized spacial score (nSPS) is 14.1. The molecule has 0 saturated heterocycles. The van der Waals surface area contributed by atoms with Gasteiger partial charge in [-0.25, -0.2) is 0 Å². The molecule has 1 unspecified atom stereocenters. The predicted molar refractivity (Wildman–Crippen MR) is 138 cm³/mol. The lowest BCUT2D eigenvalue weighted by molar-refractivity contribution is 1.02. The smallest absolute Gasteiger partial charge is 0.0358 e. The van der Waals surface area contributed by atoms with Gasteiger partial charge >= 0.3 is 0 Å². The summed E-state index contributed by atoms with van der Waals surface area (Å²) in [6.45, 7) is 0. The third-order valence-electron chi connectivity index (χ3n) is 6.45. The van der Waals surface area contributed by atoms with Crippen molar-refractivity contribution in [3.05, 3.63) is 142 Å². The molecule has 152 valence electrons. The molecule has 1 heteroatoms. The van der Waals surface area contributed by atoms with Crippen LogP contribution in [-0.2, 0) is 0 Å². The van der Waals surface area contributed by atoms with Crippen LogP contribution in [0.15, 0.2) is 126 Å². The van der Waals surface area contributed by atoms with Crippen LogP contribution in [0.4, 0.5) is 0 Å². The zero-order valence-corrected chi connectivity index (χ0v) is 19.1. The van der Waals surface area contributed by atoms with E-state index in [2.05, 4.69) is 137 Å². The monoisotopic (exact) mass is 472 g/mol. The molecule has 0 spiro atoms. The first-order valence-electron chi connectivity index (χ1n) is 10.9. The minimum Gasteiger partial charge on any atom is -0.0622 e. The molecule has 5 aromatic rings. The summed E-state index contributed by atoms with van der Waals surface area (Å²) in [6.07, 6.45) is 0. The van der Waals surface area contributed by atoms with Gasteiger partial charge in [-0.15, -0.1) is 0 Å². The Hall–Kier alpha value is -3.42. The van der Waals surface area contributed by atoms with Gasteiger partial charge in [0.25, 0.3) is 0 Å². The molecule has 32 heavy (non-hydrogen) atoms. The zero-order valence-electron chi connectivity index (χ0n) is 17.5. The summed E-state index contributed by atoms with van der Waals surface area (Å²) in [7, 11) is 0. The number of rotatable bonds is 3. The predicted octanol–water partition coefficient (Wildman–Crippen LogP) is 8.94. The number of benzene rings is 5. The number of fused-ring (bicyclic) bond motifs is 3. The van der Waals surface area contributed by atoms with E-state index in [1.165, 1.54) is 50.1 Å². The Morgan fingerprint density at radius 2 is 1.06 bits per heavy atom. The molecule has 1 atom stereocenters. The summed E-state index contributed by atoms with van der Waals surface area (Å²) in [5.74, 6) is 0.241. The van der Waals surface area contributed by atoms with Crippen LogP contribution in [0.2, 0.25) is 0 Å². The van der Waals surface area contributed by atoms with Crippen LogP contribution in [0.1, 0.15) is 22.6 Å². The quantitative estimate of drug-likeness (QED) is 0.241. The van der Waals surface area contributed by atoms with E-state index in [4.69, 9.17) is 0 Å². The summed E-state index contributed by atoms with van der Waals surface area (Å²) >= 11 is 3.72. The lowest BCUT2D eigenvalue weighted by atomic mass is 9.84. The highest BCUT2D eigenvalue weighted by atomic mass is 79.9. The largest absolute Gasteiger partial charge is 0.0622 e. The number of hydrogen-bond donors (Lipinski definition) is 0. The van der Waals surface area contributed by atoms with Gasteiger partial charge < -0.3 is 0 Å². The van der Waals surface area contributed by atoms with Crippen LogP contribution in [0.5, 0.6) is 0 Å². The Balaban J connectivity index is 1.58. The van der Waals surface area contributed by atoms with Crippen molar-refractivity contribution < 1.29 is 0 Å². The molecular weight excluding hydrogens is 452 g/mol. The molecule has 0 N–H and O–H groups in total. The summed E-state index contributed by atoms with van der Waals surface area (Å²) < 4.78 is 1.12. The first-order chi connectivity index (χ1) is 15.8. The number of halogens is 1. The maximum Gasteiger partial charge on any atom is 0.0358 e. The van der Waals surface area contributed by atoms with E-state index in [1.807, 2.05) is 0 Å². The van der Waals surface area contributed by atoms with Gasteiger partial charge in [0, 0.05) is 10.4 Å². The Labute approximate surface area is 197 Å². The van der Waals surface area contributed by atoms with E-state index in [-0.39, 0.29) is 5.92 Å². The molecule has 0 fully saturated rings. The van der Waals surface area contributed by atoms with E-state index in [0.717, 1.165) is 4.47 Å². The van der Waals surface area contributed by atoms with Crippen molar-refractivity contribution in [2.45, 2.75) is 5.92 Å². The molecule has 1 aliphatic rings. The van der Waals surface area contributed by atoms with E-state index >= 15 is 0 Å². The van der Waals surface area contributed by atoms with Gasteiger partial charge in [-0.2, -0.15) is 0 Å². The fourth-order valence-corrected chi connectivity index (χ4v) is 5.57. The SMILES string of the molecule is Brc1ccccc1-c1cccc(-c2cccc3c2C(c2ccccc2)c2ccccc2-3)c1. The molecule has 0 heterocycles. The van der Waals surface area contributed by atoms with Gasteiger partial charge in [0.05, 0.1) is 0 Å². The molecule has 0 nitrogen and oxygen atoms in total. The van der Waals surface area contributed by atoms with Crippen molar-refractivity contribution in [2.24, 2.45) is 0 Å². The molecule has 0 bridgehead atoms. The molecule has 0 aliphatic heterocycles. The Morgan fingerprint density at radius 3 is 1.88 bits per heavy atom. The molecule has 0 saturated carbocycles. The summed E-state index contributed by atoms with van der Waals surface area (Å²) in [6, 6.07) is 43.8. The lowest BCUT2D eigenvalue weighted by Crippen LogP contribution is -2.01. The average molecular weight is 473 g/mol. The van der Waals surface area contributed by atoms with Crippen LogP contribution >= 0.6 is 15.9 Å². The molecule has 0 amide bonds. The Bertz CT molecular complexity index is 1430. The van der Waals surface area contributed by atoms with Crippen LogP contribution < -0.4 is 0 Å². The molecule has 0 aromatic heterocycles. The van der Waals surface area contributed by atoms with Crippen molar-refractivity contribution in [1.82, 2.24) is 0 Å². The van der Waals surface area contributed by atoms with Gasteiger partial charge in [-0.1, -0.05) is 125 Å². The van der Waals surface area contributed by atoms with Crippen molar-refractivity contribution in [1.29, 1.82) is 0 Å². The third kappa shape index (κ3) is 3.13. The molecule has 5 aromatic carbocycles. The van der Waals surface area contributed by atoms with Gasteiger partial charge in [-0.3, -0.25) is 0 Å². The standard InChI is InChI=1S/C31H21Br/c32-29-19-7-6-14-24(29)22-12-8-13-23(20-22)25-17-9-18-28-26-15-4-5-16-27(26)30(31(25)28)21-10-2-1-3-11-21/h1-20,30H. The minimum absolute atomic E-state index is 0.241. The second kappa shape index (κ2) is 7.93. The molecular formula is C31H21Br. The Kier molecular flexibility index (Phi) is 4.78. The minimum atomic E-state index is 0.241. The summed E-state index contributed by atoms with van der Waals surface area (Å²) in [5, 5.41) is 0. The van der Waals surface area contributed by atoms with Crippen LogP contribution in [-0.4, -0.2) is 0 Å². The van der Waals surface area contributed by atoms with Gasteiger partial charge in [0.2, 0.25) is 0 Å². The van der Waals surface area contributed by atoms with E-state index in [0.29, 0.717) is 0 Å². The topological polar surface area (TPSA) is 0 Å². The molecule has 6 rings (SSSR count). The maximum absolute atomic E-state index is 3.72. The maximum atomic E-state index is 3.72. The fraction of sp³-hybridized carbons (Fsp3) is 0.0323. The summed E-state index contributed by atoms with van der Waals surface area (Å²) in [4.78, 5) is 0. The first kappa shape index (κ1) is 19.3. The third-order valence-corrected chi connectivity index (χ3v) is 7.14. The lowest BCUT2D eigenvalue weighted by Gasteiger charge is -2.18. The van der Waals surface area contributed by atoms with E-state index in [1.54, 1.807) is 0 Å². The molecule has 0 radical (unpaired) electrons. The fourth-order valence-electron chi connectivity index (χ4n) is 5.05. The van der Waals surface area contributed by atoms with Crippen molar-refractivity contribution in [3.63, 3.8) is 0 Å². The zero-order chi connectivity index (χ0) is 21.5. The highest BCUT2D eigenvalue weighted by Gasteiger charge is 2.31. The van der Waals surface area contributed by atoms with E-state index in [9.17, 15) is 0 Å². The average Bonchev–Trinajstić information content (AvgIpc) is 3.20. The van der Waals surface area contributed by atoms with Gasteiger partial charge in [0.15, 0.2) is 0 Å². The van der Waals surface area contributed by atoms with Crippen LogP contribution in [0, 0.1) is 0 Å². The number of hydrogen-bond acceptors (Lipinski definition) is 0. The van der Waals surface area contributed by atoms with Crippen molar-refractivity contribution in [2.75, 3.05) is 0 Å². The summed E-state index contributed by atoms with van der Waals surface area (Å²) in [5.41, 5.74) is 11.8. The van der Waals surface area contributed by atoms with Gasteiger partial charge in [0.1, 0.15) is 0 Å². The van der Waals surface area contributed by atoms with Crippen LogP contribution in [0.3, 0.4) is 0 Å². The Morgan fingerprint density at radius 1 is 0.469 bits per heavy atom. The molecule has 1 aliphatic carbocycles. The van der Waals surface area contributed by atoms with Crippen molar-refractivity contribution >= 4 is 15.9 Å². The first-order valence-corrected chi connectivity index (χ1v) is 11.7. The second-order valence-corrected chi connectivity index (χ2v) is 9.11.